The van der Waals surface area contributed by atoms with Crippen LogP contribution in [-0.4, -0.2) is 31.3 Å². The first-order chi connectivity index (χ1) is 10.3. The average Bonchev–Trinajstić information content (AvgIpc) is 2.48. The van der Waals surface area contributed by atoms with Gasteiger partial charge in [-0.15, -0.1) is 0 Å². The van der Waals surface area contributed by atoms with Crippen molar-refractivity contribution in [2.45, 2.75) is 39.4 Å². The van der Waals surface area contributed by atoms with Gasteiger partial charge < -0.3 is 14.2 Å². The Labute approximate surface area is 131 Å². The fourth-order valence-corrected chi connectivity index (χ4v) is 1.73. The summed E-state index contributed by atoms with van der Waals surface area (Å²) >= 11 is 0. The molecule has 1 rings (SSSR count). The van der Waals surface area contributed by atoms with Crippen molar-refractivity contribution in [3.8, 4) is 0 Å². The molecule has 0 aliphatic heterocycles. The molecule has 1 aromatic carbocycles. The van der Waals surface area contributed by atoms with Gasteiger partial charge in [0.1, 0.15) is 6.61 Å². The van der Waals surface area contributed by atoms with E-state index in [1.54, 1.807) is 0 Å². The van der Waals surface area contributed by atoms with Crippen LogP contribution in [-0.2, 0) is 30.4 Å². The molecular weight excluding hydrogens is 284 g/mol. The number of hydrogen-bond acceptors (Lipinski definition) is 5. The second-order valence-corrected chi connectivity index (χ2v) is 5.99. The third-order valence-corrected chi connectivity index (χ3v) is 2.91. The molecule has 0 N–H and O–H groups in total. The molecule has 0 radical (unpaired) electrons. The number of esters is 2. The predicted octanol–water partition coefficient (Wildman–Crippen LogP) is 2.72. The van der Waals surface area contributed by atoms with E-state index >= 15 is 0 Å². The predicted molar refractivity (Wildman–Crippen MR) is 82.1 cm³/mol. The summed E-state index contributed by atoms with van der Waals surface area (Å²) < 4.78 is 15.5. The molecular formula is C17H24O5. The quantitative estimate of drug-likeness (QED) is 0.725. The molecule has 0 saturated carbocycles. The molecule has 0 unspecified atom stereocenters. The van der Waals surface area contributed by atoms with E-state index in [1.165, 1.54) is 7.11 Å². The van der Waals surface area contributed by atoms with E-state index < -0.39 is 17.9 Å². The largest absolute Gasteiger partial charge is 0.469 e. The third-order valence-electron chi connectivity index (χ3n) is 2.91. The highest BCUT2D eigenvalue weighted by atomic mass is 16.5. The Balaban J connectivity index is 2.50. The summed E-state index contributed by atoms with van der Waals surface area (Å²) in [6.07, 6.45) is -0.0599. The lowest BCUT2D eigenvalue weighted by Crippen LogP contribution is -2.30. The number of carbonyl (C=O) groups is 2. The van der Waals surface area contributed by atoms with Gasteiger partial charge in [-0.05, 0) is 26.3 Å². The minimum absolute atomic E-state index is 0.0599. The first-order valence-corrected chi connectivity index (χ1v) is 7.23. The van der Waals surface area contributed by atoms with Gasteiger partial charge in [-0.3, -0.25) is 9.59 Å². The van der Waals surface area contributed by atoms with Gasteiger partial charge in [0.2, 0.25) is 0 Å². The second-order valence-electron chi connectivity index (χ2n) is 5.99. The summed E-state index contributed by atoms with van der Waals surface area (Å²) in [4.78, 5) is 23.6. The fraction of sp³-hybridized carbons (Fsp3) is 0.529. The van der Waals surface area contributed by atoms with Gasteiger partial charge in [-0.2, -0.15) is 0 Å². The van der Waals surface area contributed by atoms with E-state index in [1.807, 2.05) is 51.1 Å². The molecule has 0 spiro atoms. The van der Waals surface area contributed by atoms with Crippen LogP contribution in [0.4, 0.5) is 0 Å². The smallest absolute Gasteiger partial charge is 0.311 e. The SMILES string of the molecule is COC(=O)[C@@H](COC(C)(C)C)CC(=O)OCc1ccccc1. The van der Waals surface area contributed by atoms with Crippen LogP contribution in [0, 0.1) is 5.92 Å². The number of ether oxygens (including phenoxy) is 3. The highest BCUT2D eigenvalue weighted by molar-refractivity contribution is 5.80. The number of benzene rings is 1. The number of rotatable bonds is 7. The van der Waals surface area contributed by atoms with Crippen LogP contribution in [0.5, 0.6) is 0 Å². The first kappa shape index (κ1) is 18.2. The van der Waals surface area contributed by atoms with Crippen molar-refractivity contribution in [1.29, 1.82) is 0 Å². The van der Waals surface area contributed by atoms with Crippen LogP contribution in [0.3, 0.4) is 0 Å². The molecule has 1 aromatic rings. The van der Waals surface area contributed by atoms with Crippen LogP contribution in [0.25, 0.3) is 0 Å². The number of carbonyl (C=O) groups excluding carboxylic acids is 2. The molecule has 0 amide bonds. The van der Waals surface area contributed by atoms with Crippen molar-refractivity contribution < 1.29 is 23.8 Å². The summed E-state index contributed by atoms with van der Waals surface area (Å²) in [5.41, 5.74) is 0.511. The van der Waals surface area contributed by atoms with Crippen molar-refractivity contribution in [1.82, 2.24) is 0 Å². The molecule has 0 bridgehead atoms. The van der Waals surface area contributed by atoms with Gasteiger partial charge in [0.25, 0.3) is 0 Å². The van der Waals surface area contributed by atoms with Gasteiger partial charge in [0.05, 0.1) is 31.7 Å². The van der Waals surface area contributed by atoms with Crippen molar-refractivity contribution in [2.24, 2.45) is 5.92 Å². The summed E-state index contributed by atoms with van der Waals surface area (Å²) in [5, 5.41) is 0. The maximum absolute atomic E-state index is 11.9. The fourth-order valence-electron chi connectivity index (χ4n) is 1.73. The van der Waals surface area contributed by atoms with Gasteiger partial charge in [0.15, 0.2) is 0 Å². The van der Waals surface area contributed by atoms with E-state index in [9.17, 15) is 9.59 Å². The molecule has 1 atom stereocenters. The van der Waals surface area contributed by atoms with Crippen LogP contribution in [0.2, 0.25) is 0 Å². The van der Waals surface area contributed by atoms with Crippen LogP contribution < -0.4 is 0 Å². The second kappa shape index (κ2) is 8.54. The lowest BCUT2D eigenvalue weighted by molar-refractivity contribution is -0.158. The third kappa shape index (κ3) is 7.22. The monoisotopic (exact) mass is 308 g/mol. The molecule has 0 fully saturated rings. The summed E-state index contributed by atoms with van der Waals surface area (Å²) in [6, 6.07) is 9.37. The highest BCUT2D eigenvalue weighted by Crippen LogP contribution is 2.14. The zero-order valence-electron chi connectivity index (χ0n) is 13.6. The van der Waals surface area contributed by atoms with Gasteiger partial charge in [-0.1, -0.05) is 30.3 Å². The van der Waals surface area contributed by atoms with E-state index in [0.717, 1.165) is 5.56 Å². The molecule has 5 heteroatoms. The normalized spacial score (nSPS) is 12.5. The summed E-state index contributed by atoms with van der Waals surface area (Å²) in [7, 11) is 1.29. The zero-order valence-corrected chi connectivity index (χ0v) is 13.6. The van der Waals surface area contributed by atoms with Crippen molar-refractivity contribution >= 4 is 11.9 Å². The molecule has 122 valence electrons. The molecule has 0 saturated heterocycles. The molecule has 0 aliphatic carbocycles. The van der Waals surface area contributed by atoms with E-state index in [0.29, 0.717) is 0 Å². The number of hydrogen-bond donors (Lipinski definition) is 0. The molecule has 22 heavy (non-hydrogen) atoms. The Bertz CT molecular complexity index is 476. The van der Waals surface area contributed by atoms with E-state index in [4.69, 9.17) is 14.2 Å². The molecule has 5 nitrogen and oxygen atoms in total. The van der Waals surface area contributed by atoms with Crippen molar-refractivity contribution in [3.05, 3.63) is 35.9 Å². The van der Waals surface area contributed by atoms with Crippen LogP contribution in [0.1, 0.15) is 32.8 Å². The minimum atomic E-state index is -0.660. The number of methoxy groups -OCH3 is 1. The first-order valence-electron chi connectivity index (χ1n) is 7.23. The maximum Gasteiger partial charge on any atom is 0.311 e. The summed E-state index contributed by atoms with van der Waals surface area (Å²) in [6.45, 7) is 5.96. The van der Waals surface area contributed by atoms with E-state index in [-0.39, 0.29) is 25.2 Å². The maximum atomic E-state index is 11.9. The van der Waals surface area contributed by atoms with Crippen molar-refractivity contribution in [3.63, 3.8) is 0 Å². The average molecular weight is 308 g/mol. The Morgan fingerprint density at radius 2 is 1.77 bits per heavy atom. The summed E-state index contributed by atoms with van der Waals surface area (Å²) in [5.74, 6) is -1.58. The Hall–Kier alpha value is -1.88. The van der Waals surface area contributed by atoms with Crippen LogP contribution in [0.15, 0.2) is 30.3 Å². The van der Waals surface area contributed by atoms with Gasteiger partial charge in [0, 0.05) is 0 Å². The molecule has 0 heterocycles. The van der Waals surface area contributed by atoms with Crippen molar-refractivity contribution in [2.75, 3.05) is 13.7 Å². The molecule has 0 aromatic heterocycles. The Morgan fingerprint density at radius 1 is 1.14 bits per heavy atom. The topological polar surface area (TPSA) is 61.8 Å². The van der Waals surface area contributed by atoms with E-state index in [2.05, 4.69) is 0 Å². The van der Waals surface area contributed by atoms with Gasteiger partial charge >= 0.3 is 11.9 Å². The van der Waals surface area contributed by atoms with Crippen LogP contribution >= 0.6 is 0 Å². The lowest BCUT2D eigenvalue weighted by atomic mass is 10.1. The van der Waals surface area contributed by atoms with Gasteiger partial charge in [-0.25, -0.2) is 0 Å². The lowest BCUT2D eigenvalue weighted by Gasteiger charge is -2.22. The standard InChI is InChI=1S/C17H24O5/c1-17(2,3)22-12-14(16(19)20-4)10-15(18)21-11-13-8-6-5-7-9-13/h5-9,14H,10-12H2,1-4H3/t14-/m1/s1. The zero-order chi connectivity index (χ0) is 16.6. The Morgan fingerprint density at radius 3 is 2.32 bits per heavy atom. The minimum Gasteiger partial charge on any atom is -0.469 e. The highest BCUT2D eigenvalue weighted by Gasteiger charge is 2.26. The molecule has 0 aliphatic rings. The Kier molecular flexibility index (Phi) is 7.05.